The second kappa shape index (κ2) is 3.91. The summed E-state index contributed by atoms with van der Waals surface area (Å²) in [4.78, 5) is 4.35. The first-order valence-corrected chi connectivity index (χ1v) is 6.21. The summed E-state index contributed by atoms with van der Waals surface area (Å²) >= 11 is 0. The van der Waals surface area contributed by atoms with Crippen molar-refractivity contribution in [1.29, 1.82) is 0 Å². The van der Waals surface area contributed by atoms with Gasteiger partial charge in [-0.2, -0.15) is 0 Å². The van der Waals surface area contributed by atoms with Gasteiger partial charge in [0.2, 0.25) is 0 Å². The molecule has 0 aromatic heterocycles. The van der Waals surface area contributed by atoms with Crippen LogP contribution >= 0.6 is 0 Å². The number of alkyl halides is 2. The topological polar surface area (TPSA) is 6.48 Å². The largest absolute Gasteiger partial charge is 0.300 e. The van der Waals surface area contributed by atoms with Gasteiger partial charge in [-0.1, -0.05) is 6.92 Å². The van der Waals surface area contributed by atoms with Gasteiger partial charge in [-0.05, 0) is 39.8 Å². The molecule has 2 saturated heterocycles. The number of nitrogens with zero attached hydrogens (tertiary/aromatic N) is 2. The lowest BCUT2D eigenvalue weighted by molar-refractivity contribution is -0.169. The fourth-order valence-corrected chi connectivity index (χ4v) is 2.79. The third-order valence-electron chi connectivity index (χ3n) is 4.11. The normalized spacial score (nSPS) is 30.9. The minimum atomic E-state index is -2.44. The lowest BCUT2D eigenvalue weighted by Gasteiger charge is -2.52. The number of rotatable bonds is 4. The Morgan fingerprint density at radius 3 is 2.31 bits per heavy atom. The van der Waals surface area contributed by atoms with Gasteiger partial charge >= 0.3 is 0 Å². The number of likely N-dealkylation sites (tertiary alicyclic amines) is 2. The van der Waals surface area contributed by atoms with E-state index >= 15 is 0 Å². The lowest BCUT2D eigenvalue weighted by Crippen LogP contribution is -2.65. The Morgan fingerprint density at radius 1 is 1.31 bits per heavy atom. The summed E-state index contributed by atoms with van der Waals surface area (Å²) < 4.78 is 25.7. The molecule has 0 spiro atoms. The van der Waals surface area contributed by atoms with Crippen molar-refractivity contribution in [2.45, 2.75) is 51.1 Å². The predicted molar refractivity (Wildman–Crippen MR) is 60.9 cm³/mol. The monoisotopic (exact) mass is 232 g/mol. The van der Waals surface area contributed by atoms with E-state index in [1.165, 1.54) is 13.0 Å². The first-order chi connectivity index (χ1) is 7.34. The van der Waals surface area contributed by atoms with Crippen molar-refractivity contribution in [3.05, 3.63) is 0 Å². The van der Waals surface area contributed by atoms with Crippen LogP contribution in [-0.4, -0.2) is 53.5 Å². The van der Waals surface area contributed by atoms with E-state index in [9.17, 15) is 8.78 Å². The molecule has 2 heterocycles. The summed E-state index contributed by atoms with van der Waals surface area (Å²) in [7, 11) is 0. The van der Waals surface area contributed by atoms with Crippen molar-refractivity contribution in [2.75, 3.05) is 26.2 Å². The van der Waals surface area contributed by atoms with Gasteiger partial charge in [0.1, 0.15) is 0 Å². The van der Waals surface area contributed by atoms with Crippen LogP contribution in [0.5, 0.6) is 0 Å². The van der Waals surface area contributed by atoms with Gasteiger partial charge in [0.15, 0.2) is 0 Å². The van der Waals surface area contributed by atoms with Crippen LogP contribution in [0.15, 0.2) is 0 Å². The average Bonchev–Trinajstić information content (AvgIpc) is 2.10. The summed E-state index contributed by atoms with van der Waals surface area (Å²) in [6.07, 6.45) is 2.23. The maximum absolute atomic E-state index is 12.8. The highest BCUT2D eigenvalue weighted by atomic mass is 19.3. The lowest BCUT2D eigenvalue weighted by atomic mass is 9.85. The van der Waals surface area contributed by atoms with Gasteiger partial charge in [0.05, 0.1) is 13.1 Å². The van der Waals surface area contributed by atoms with Crippen LogP contribution in [0.1, 0.15) is 33.6 Å². The van der Waals surface area contributed by atoms with Crippen LogP contribution in [0.3, 0.4) is 0 Å². The van der Waals surface area contributed by atoms with Crippen LogP contribution in [-0.2, 0) is 0 Å². The molecule has 1 atom stereocenters. The van der Waals surface area contributed by atoms with Gasteiger partial charge in [-0.15, -0.1) is 0 Å². The van der Waals surface area contributed by atoms with Gasteiger partial charge in [-0.3, -0.25) is 4.90 Å². The molecule has 2 aliphatic rings. The highest BCUT2D eigenvalue weighted by molar-refractivity contribution is 4.99. The predicted octanol–water partition coefficient (Wildman–Crippen LogP) is 2.20. The van der Waals surface area contributed by atoms with Gasteiger partial charge in [-0.25, -0.2) is 8.78 Å². The molecule has 2 aliphatic heterocycles. The van der Waals surface area contributed by atoms with Gasteiger partial charge in [0.25, 0.3) is 5.92 Å². The Kier molecular flexibility index (Phi) is 2.99. The Balaban J connectivity index is 1.84. The third-order valence-corrected chi connectivity index (χ3v) is 4.11. The quantitative estimate of drug-likeness (QED) is 0.733. The number of halogens is 2. The third kappa shape index (κ3) is 2.23. The molecule has 94 valence electrons. The van der Waals surface area contributed by atoms with Crippen LogP contribution in [0.4, 0.5) is 8.78 Å². The van der Waals surface area contributed by atoms with Gasteiger partial charge in [0, 0.05) is 11.6 Å². The smallest absolute Gasteiger partial charge is 0.272 e. The average molecular weight is 232 g/mol. The maximum atomic E-state index is 12.8. The SMILES string of the molecule is CCN1CCC1CC(C)(C)N1CC(F)(F)C1. The molecule has 2 fully saturated rings. The zero-order valence-corrected chi connectivity index (χ0v) is 10.5. The van der Waals surface area contributed by atoms with E-state index < -0.39 is 5.92 Å². The van der Waals surface area contributed by atoms with Crippen LogP contribution in [0, 0.1) is 0 Å². The van der Waals surface area contributed by atoms with Crippen molar-refractivity contribution >= 4 is 0 Å². The minimum absolute atomic E-state index is 0.0567. The molecule has 2 rings (SSSR count). The second-order valence-corrected chi connectivity index (χ2v) is 5.80. The van der Waals surface area contributed by atoms with E-state index in [4.69, 9.17) is 0 Å². The standard InChI is InChI=1S/C12H22F2N2/c1-4-15-6-5-10(15)7-11(2,3)16-8-12(13,14)9-16/h10H,4-9H2,1-3H3. The minimum Gasteiger partial charge on any atom is -0.300 e. The Hall–Kier alpha value is -0.220. The molecule has 0 saturated carbocycles. The Bertz CT molecular complexity index is 256. The van der Waals surface area contributed by atoms with E-state index in [-0.39, 0.29) is 18.6 Å². The molecular formula is C12H22F2N2. The molecule has 16 heavy (non-hydrogen) atoms. The summed E-state index contributed by atoms with van der Waals surface area (Å²) in [5, 5.41) is 0. The van der Waals surface area contributed by atoms with Crippen molar-refractivity contribution in [3.63, 3.8) is 0 Å². The van der Waals surface area contributed by atoms with E-state index in [1.807, 2.05) is 4.90 Å². The van der Waals surface area contributed by atoms with Crippen LogP contribution in [0.25, 0.3) is 0 Å². The summed E-state index contributed by atoms with van der Waals surface area (Å²) in [6, 6.07) is 0.606. The Morgan fingerprint density at radius 2 is 1.94 bits per heavy atom. The molecule has 0 aromatic carbocycles. The van der Waals surface area contributed by atoms with Crippen molar-refractivity contribution in [3.8, 4) is 0 Å². The van der Waals surface area contributed by atoms with E-state index in [0.717, 1.165) is 13.0 Å². The first kappa shape index (κ1) is 12.2. The van der Waals surface area contributed by atoms with E-state index in [1.54, 1.807) is 0 Å². The van der Waals surface area contributed by atoms with Crippen molar-refractivity contribution in [2.24, 2.45) is 0 Å². The molecular weight excluding hydrogens is 210 g/mol. The molecule has 0 aromatic rings. The fourth-order valence-electron chi connectivity index (χ4n) is 2.79. The number of hydrogen-bond donors (Lipinski definition) is 0. The highest BCUT2D eigenvalue weighted by Gasteiger charge is 2.50. The molecule has 0 N–H and O–H groups in total. The molecule has 0 aliphatic carbocycles. The van der Waals surface area contributed by atoms with Crippen LogP contribution < -0.4 is 0 Å². The Labute approximate surface area is 96.6 Å². The van der Waals surface area contributed by atoms with Gasteiger partial charge < -0.3 is 4.90 Å². The molecule has 0 bridgehead atoms. The van der Waals surface area contributed by atoms with E-state index in [2.05, 4.69) is 25.7 Å². The summed E-state index contributed by atoms with van der Waals surface area (Å²) in [5.41, 5.74) is -0.0831. The molecule has 0 amide bonds. The van der Waals surface area contributed by atoms with E-state index in [0.29, 0.717) is 6.04 Å². The van der Waals surface area contributed by atoms with Crippen molar-refractivity contribution < 1.29 is 8.78 Å². The zero-order chi connectivity index (χ0) is 12.0. The molecule has 4 heteroatoms. The molecule has 1 unspecified atom stereocenters. The number of hydrogen-bond acceptors (Lipinski definition) is 2. The molecule has 2 nitrogen and oxygen atoms in total. The summed E-state index contributed by atoms with van der Waals surface area (Å²) in [6.45, 7) is 8.49. The molecule has 0 radical (unpaired) electrons. The fraction of sp³-hybridized carbons (Fsp3) is 1.00. The maximum Gasteiger partial charge on any atom is 0.272 e. The van der Waals surface area contributed by atoms with Crippen molar-refractivity contribution in [1.82, 2.24) is 9.80 Å². The second-order valence-electron chi connectivity index (χ2n) is 5.80. The van der Waals surface area contributed by atoms with Crippen LogP contribution in [0.2, 0.25) is 0 Å². The zero-order valence-electron chi connectivity index (χ0n) is 10.5. The highest BCUT2D eigenvalue weighted by Crippen LogP contribution is 2.37. The first-order valence-electron chi connectivity index (χ1n) is 6.21. The summed E-state index contributed by atoms with van der Waals surface area (Å²) in [5.74, 6) is -2.44.